The molecule has 2 atom stereocenters. The van der Waals surface area contributed by atoms with Crippen molar-refractivity contribution in [2.45, 2.75) is 45.1 Å². The zero-order valence-electron chi connectivity index (χ0n) is 12.6. The van der Waals surface area contributed by atoms with Gasteiger partial charge >= 0.3 is 0 Å². The number of hydrogen-bond donors (Lipinski definition) is 1. The van der Waals surface area contributed by atoms with E-state index in [1.54, 1.807) is 0 Å². The number of likely N-dealkylation sites (tertiary alicyclic amines) is 1. The highest BCUT2D eigenvalue weighted by Gasteiger charge is 2.29. The predicted octanol–water partition coefficient (Wildman–Crippen LogP) is 2.77. The van der Waals surface area contributed by atoms with Crippen LogP contribution in [0, 0.1) is 5.92 Å². The Morgan fingerprint density at radius 1 is 1.30 bits per heavy atom. The van der Waals surface area contributed by atoms with Gasteiger partial charge in [-0.15, -0.1) is 0 Å². The maximum Gasteiger partial charge on any atom is 0.230 e. The smallest absolute Gasteiger partial charge is 0.230 e. The molecule has 1 amide bonds. The Bertz CT molecular complexity index is 422. The Labute approximate surface area is 122 Å². The van der Waals surface area contributed by atoms with Crippen LogP contribution in [0.2, 0.25) is 0 Å². The van der Waals surface area contributed by atoms with Crippen molar-refractivity contribution in [3.63, 3.8) is 0 Å². The number of carbonyl (C=O) groups excluding carboxylic acids is 1. The fourth-order valence-electron chi connectivity index (χ4n) is 3.10. The van der Waals surface area contributed by atoms with E-state index in [0.29, 0.717) is 5.92 Å². The summed E-state index contributed by atoms with van der Waals surface area (Å²) in [7, 11) is 0. The van der Waals surface area contributed by atoms with Crippen LogP contribution in [0.5, 0.6) is 0 Å². The van der Waals surface area contributed by atoms with Crippen LogP contribution in [0.1, 0.15) is 44.6 Å². The molecule has 20 heavy (non-hydrogen) atoms. The topological polar surface area (TPSA) is 46.3 Å². The minimum absolute atomic E-state index is 0.00282. The van der Waals surface area contributed by atoms with Gasteiger partial charge in [-0.25, -0.2) is 0 Å². The molecule has 1 saturated heterocycles. The van der Waals surface area contributed by atoms with Crippen LogP contribution in [-0.4, -0.2) is 29.9 Å². The molecule has 110 valence electrons. The van der Waals surface area contributed by atoms with Crippen LogP contribution in [0.4, 0.5) is 0 Å². The first-order valence-corrected chi connectivity index (χ1v) is 7.72. The minimum Gasteiger partial charge on any atom is -0.342 e. The lowest BCUT2D eigenvalue weighted by molar-refractivity contribution is -0.134. The first-order valence-electron chi connectivity index (χ1n) is 7.72. The average Bonchev–Trinajstić information content (AvgIpc) is 2.49. The fraction of sp³-hybridized carbons (Fsp3) is 0.588. The lowest BCUT2D eigenvalue weighted by Crippen LogP contribution is -2.44. The van der Waals surface area contributed by atoms with Gasteiger partial charge in [0.2, 0.25) is 5.91 Å². The van der Waals surface area contributed by atoms with Crippen molar-refractivity contribution in [2.24, 2.45) is 11.7 Å². The standard InChI is InChI=1S/C17H26N2O/c1-3-16(15-7-5-4-6-8-15)17(20)19-11-9-14(10-12-19)13(2)18/h4-8,13-14,16H,3,9-12,18H2,1-2H3. The number of nitrogens with zero attached hydrogens (tertiary/aromatic N) is 1. The highest BCUT2D eigenvalue weighted by molar-refractivity contribution is 5.83. The summed E-state index contributed by atoms with van der Waals surface area (Å²) < 4.78 is 0. The van der Waals surface area contributed by atoms with E-state index in [1.807, 2.05) is 23.1 Å². The second-order valence-corrected chi connectivity index (χ2v) is 5.89. The maximum absolute atomic E-state index is 12.7. The van der Waals surface area contributed by atoms with E-state index >= 15 is 0 Å². The fourth-order valence-corrected chi connectivity index (χ4v) is 3.10. The van der Waals surface area contributed by atoms with Crippen molar-refractivity contribution in [3.05, 3.63) is 35.9 Å². The van der Waals surface area contributed by atoms with Crippen molar-refractivity contribution in [2.75, 3.05) is 13.1 Å². The molecule has 1 aromatic rings. The van der Waals surface area contributed by atoms with E-state index in [2.05, 4.69) is 26.0 Å². The number of amides is 1. The van der Waals surface area contributed by atoms with Crippen LogP contribution in [0.3, 0.4) is 0 Å². The number of rotatable bonds is 4. The van der Waals surface area contributed by atoms with Gasteiger partial charge < -0.3 is 10.6 Å². The molecule has 2 unspecified atom stereocenters. The Morgan fingerprint density at radius 2 is 1.90 bits per heavy atom. The number of hydrogen-bond acceptors (Lipinski definition) is 2. The molecular formula is C17H26N2O. The SMILES string of the molecule is CCC(C(=O)N1CCC(C(C)N)CC1)c1ccccc1. The largest absolute Gasteiger partial charge is 0.342 e. The molecule has 1 aliphatic heterocycles. The molecule has 0 radical (unpaired) electrons. The van der Waals surface area contributed by atoms with Crippen LogP contribution in [-0.2, 0) is 4.79 Å². The third-order valence-corrected chi connectivity index (χ3v) is 4.50. The molecule has 1 fully saturated rings. The first-order chi connectivity index (χ1) is 9.63. The molecule has 1 heterocycles. The second kappa shape index (κ2) is 6.89. The Hall–Kier alpha value is -1.35. The van der Waals surface area contributed by atoms with Gasteiger partial charge in [-0.2, -0.15) is 0 Å². The molecule has 1 aromatic carbocycles. The van der Waals surface area contributed by atoms with Crippen molar-refractivity contribution >= 4 is 5.91 Å². The van der Waals surface area contributed by atoms with E-state index in [1.165, 1.54) is 0 Å². The Kier molecular flexibility index (Phi) is 5.18. The van der Waals surface area contributed by atoms with E-state index in [4.69, 9.17) is 5.73 Å². The molecular weight excluding hydrogens is 248 g/mol. The van der Waals surface area contributed by atoms with Gasteiger partial charge in [-0.3, -0.25) is 4.79 Å². The number of nitrogens with two attached hydrogens (primary N) is 1. The van der Waals surface area contributed by atoms with Crippen LogP contribution in [0.15, 0.2) is 30.3 Å². The van der Waals surface area contributed by atoms with Gasteiger partial charge in [0, 0.05) is 19.1 Å². The van der Waals surface area contributed by atoms with Gasteiger partial charge in [-0.1, -0.05) is 37.3 Å². The zero-order valence-corrected chi connectivity index (χ0v) is 12.6. The summed E-state index contributed by atoms with van der Waals surface area (Å²) in [6.07, 6.45) is 2.93. The van der Waals surface area contributed by atoms with Gasteiger partial charge in [0.25, 0.3) is 0 Å². The molecule has 1 aliphatic rings. The summed E-state index contributed by atoms with van der Waals surface area (Å²) in [6.45, 7) is 5.87. The molecule has 2 rings (SSSR count). The summed E-state index contributed by atoms with van der Waals surface area (Å²) >= 11 is 0. The highest BCUT2D eigenvalue weighted by Crippen LogP contribution is 2.26. The second-order valence-electron chi connectivity index (χ2n) is 5.89. The molecule has 2 N–H and O–H groups in total. The Balaban J connectivity index is 2.00. The molecule has 0 aliphatic carbocycles. The number of carbonyl (C=O) groups is 1. The summed E-state index contributed by atoms with van der Waals surface area (Å²) in [4.78, 5) is 14.7. The summed E-state index contributed by atoms with van der Waals surface area (Å²) in [5.41, 5.74) is 7.10. The molecule has 0 spiro atoms. The van der Waals surface area contributed by atoms with Gasteiger partial charge in [0.05, 0.1) is 5.92 Å². The van der Waals surface area contributed by atoms with Crippen molar-refractivity contribution in [1.29, 1.82) is 0 Å². The molecule has 0 bridgehead atoms. The summed E-state index contributed by atoms with van der Waals surface area (Å²) in [5, 5.41) is 0. The average molecular weight is 274 g/mol. The van der Waals surface area contributed by atoms with Crippen molar-refractivity contribution in [1.82, 2.24) is 4.90 Å². The van der Waals surface area contributed by atoms with Gasteiger partial charge in [0.15, 0.2) is 0 Å². The number of benzene rings is 1. The summed E-state index contributed by atoms with van der Waals surface area (Å²) in [5.74, 6) is 0.848. The normalized spacial score (nSPS) is 19.6. The highest BCUT2D eigenvalue weighted by atomic mass is 16.2. The summed E-state index contributed by atoms with van der Waals surface area (Å²) in [6, 6.07) is 10.4. The van der Waals surface area contributed by atoms with Gasteiger partial charge in [0.1, 0.15) is 0 Å². The van der Waals surface area contributed by atoms with Crippen LogP contribution >= 0.6 is 0 Å². The number of piperidine rings is 1. The maximum atomic E-state index is 12.7. The van der Waals surface area contributed by atoms with Crippen LogP contribution in [0.25, 0.3) is 0 Å². The molecule has 3 heteroatoms. The van der Waals surface area contributed by atoms with Crippen molar-refractivity contribution < 1.29 is 4.79 Å². The predicted molar refractivity (Wildman–Crippen MR) is 82.4 cm³/mol. The first kappa shape index (κ1) is 15.0. The van der Waals surface area contributed by atoms with Gasteiger partial charge in [-0.05, 0) is 37.7 Å². The van der Waals surface area contributed by atoms with Crippen molar-refractivity contribution in [3.8, 4) is 0 Å². The minimum atomic E-state index is 0.00282. The van der Waals surface area contributed by atoms with E-state index in [0.717, 1.165) is 37.9 Å². The Morgan fingerprint density at radius 3 is 2.40 bits per heavy atom. The molecule has 0 aromatic heterocycles. The van der Waals surface area contributed by atoms with Crippen LogP contribution < -0.4 is 5.73 Å². The quantitative estimate of drug-likeness (QED) is 0.917. The molecule has 0 saturated carbocycles. The third-order valence-electron chi connectivity index (χ3n) is 4.50. The van der Waals surface area contributed by atoms with E-state index < -0.39 is 0 Å². The van der Waals surface area contributed by atoms with E-state index in [-0.39, 0.29) is 17.9 Å². The lowest BCUT2D eigenvalue weighted by Gasteiger charge is -2.35. The zero-order chi connectivity index (χ0) is 14.5. The third kappa shape index (κ3) is 3.40. The monoisotopic (exact) mass is 274 g/mol. The lowest BCUT2D eigenvalue weighted by atomic mass is 9.89. The van der Waals surface area contributed by atoms with E-state index in [9.17, 15) is 4.79 Å². The molecule has 3 nitrogen and oxygen atoms in total.